The van der Waals surface area contributed by atoms with Crippen molar-refractivity contribution in [1.29, 1.82) is 0 Å². The monoisotopic (exact) mass is 447 g/mol. The lowest BCUT2D eigenvalue weighted by Crippen LogP contribution is -2.44. The minimum atomic E-state index is -0.684. The van der Waals surface area contributed by atoms with Gasteiger partial charge in [-0.2, -0.15) is 0 Å². The standard InChI is InChI=1S/C26H29N3O2S/c30-24(21-9-5-2-6-10-21)22-17-26(25(31)29(22)18-20-7-3-1-4-8-20)11-14-28(15-12-26)19-23-27-13-16-32-23/h1-10,13,16,22,24,30H,11-12,14-15,17-19H2/t22-,24+/m0/s1. The van der Waals surface area contributed by atoms with Gasteiger partial charge in [0.15, 0.2) is 0 Å². The molecule has 1 aromatic heterocycles. The van der Waals surface area contributed by atoms with Crippen LogP contribution in [0.15, 0.2) is 72.2 Å². The van der Waals surface area contributed by atoms with Gasteiger partial charge in [0.1, 0.15) is 5.01 Å². The third-order valence-corrected chi connectivity index (χ3v) is 7.84. The third-order valence-electron chi connectivity index (χ3n) is 7.07. The SMILES string of the molecule is O=C1N(Cc2ccccc2)[C@H]([C@H](O)c2ccccc2)CC12CCN(Cc1nccs1)CC2. The fraction of sp³-hybridized carbons (Fsp3) is 0.385. The van der Waals surface area contributed by atoms with E-state index in [1.807, 2.05) is 65.0 Å². The Balaban J connectivity index is 1.37. The zero-order valence-corrected chi connectivity index (χ0v) is 19.0. The van der Waals surface area contributed by atoms with Crippen molar-refractivity contribution in [2.24, 2.45) is 5.41 Å². The third kappa shape index (κ3) is 4.22. The maximum Gasteiger partial charge on any atom is 0.229 e. The second-order valence-electron chi connectivity index (χ2n) is 9.03. The van der Waals surface area contributed by atoms with Crippen LogP contribution in [0, 0.1) is 5.41 Å². The van der Waals surface area contributed by atoms with Crippen molar-refractivity contribution in [3.05, 3.63) is 88.4 Å². The van der Waals surface area contributed by atoms with E-state index in [4.69, 9.17) is 0 Å². The van der Waals surface area contributed by atoms with Crippen molar-refractivity contribution in [3.8, 4) is 0 Å². The summed E-state index contributed by atoms with van der Waals surface area (Å²) in [5.41, 5.74) is 1.60. The molecule has 1 spiro atoms. The predicted octanol–water partition coefficient (Wildman–Crippen LogP) is 4.26. The van der Waals surface area contributed by atoms with Gasteiger partial charge in [0, 0.05) is 18.1 Å². The van der Waals surface area contributed by atoms with Gasteiger partial charge in [0.2, 0.25) is 5.91 Å². The zero-order valence-electron chi connectivity index (χ0n) is 18.1. The lowest BCUT2D eigenvalue weighted by molar-refractivity contribution is -0.140. The maximum atomic E-state index is 13.8. The number of hydrogen-bond acceptors (Lipinski definition) is 5. The molecule has 2 aromatic carbocycles. The smallest absolute Gasteiger partial charge is 0.229 e. The van der Waals surface area contributed by atoms with Gasteiger partial charge in [-0.3, -0.25) is 9.69 Å². The summed E-state index contributed by atoms with van der Waals surface area (Å²) >= 11 is 1.68. The number of carbonyl (C=O) groups is 1. The molecule has 2 saturated heterocycles. The minimum absolute atomic E-state index is 0.204. The summed E-state index contributed by atoms with van der Waals surface area (Å²) in [6, 6.07) is 19.7. The molecular weight excluding hydrogens is 418 g/mol. The maximum absolute atomic E-state index is 13.8. The first-order valence-corrected chi connectivity index (χ1v) is 12.2. The van der Waals surface area contributed by atoms with Gasteiger partial charge in [-0.05, 0) is 43.5 Å². The lowest BCUT2D eigenvalue weighted by atomic mass is 9.75. The molecule has 6 heteroatoms. The summed E-state index contributed by atoms with van der Waals surface area (Å²) in [7, 11) is 0. The average molecular weight is 448 g/mol. The van der Waals surface area contributed by atoms with Crippen molar-refractivity contribution in [2.45, 2.75) is 44.5 Å². The van der Waals surface area contributed by atoms with Crippen LogP contribution >= 0.6 is 11.3 Å². The van der Waals surface area contributed by atoms with Gasteiger partial charge in [0.25, 0.3) is 0 Å². The number of thiazole rings is 1. The molecule has 2 aliphatic rings. The van der Waals surface area contributed by atoms with E-state index in [2.05, 4.69) is 22.0 Å². The average Bonchev–Trinajstić information content (AvgIpc) is 3.44. The van der Waals surface area contributed by atoms with Gasteiger partial charge in [-0.1, -0.05) is 60.7 Å². The molecule has 2 atom stereocenters. The number of amides is 1. The van der Waals surface area contributed by atoms with Crippen LogP contribution in [0.5, 0.6) is 0 Å². The number of nitrogens with zero attached hydrogens (tertiary/aromatic N) is 3. The highest BCUT2D eigenvalue weighted by Crippen LogP contribution is 2.48. The van der Waals surface area contributed by atoms with E-state index in [0.717, 1.165) is 48.6 Å². The molecule has 3 heterocycles. The Morgan fingerprint density at radius 3 is 2.38 bits per heavy atom. The van der Waals surface area contributed by atoms with Crippen molar-refractivity contribution in [1.82, 2.24) is 14.8 Å². The Hall–Kier alpha value is -2.54. The molecule has 0 bridgehead atoms. The highest BCUT2D eigenvalue weighted by molar-refractivity contribution is 7.09. The Kier molecular flexibility index (Phi) is 6.09. The quantitative estimate of drug-likeness (QED) is 0.613. The van der Waals surface area contributed by atoms with E-state index in [0.29, 0.717) is 13.0 Å². The summed E-state index contributed by atoms with van der Waals surface area (Å²) in [5.74, 6) is 0.204. The number of likely N-dealkylation sites (tertiary alicyclic amines) is 2. The van der Waals surface area contributed by atoms with Gasteiger partial charge in [-0.25, -0.2) is 4.98 Å². The van der Waals surface area contributed by atoms with Gasteiger partial charge in [0.05, 0.1) is 24.1 Å². The number of rotatable bonds is 6. The first kappa shape index (κ1) is 21.3. The molecule has 3 aromatic rings. The Bertz CT molecular complexity index is 1020. The van der Waals surface area contributed by atoms with Gasteiger partial charge < -0.3 is 10.0 Å². The number of piperidine rings is 1. The van der Waals surface area contributed by atoms with E-state index in [9.17, 15) is 9.90 Å². The topological polar surface area (TPSA) is 56.7 Å². The van der Waals surface area contributed by atoms with E-state index < -0.39 is 6.10 Å². The van der Waals surface area contributed by atoms with E-state index >= 15 is 0 Å². The van der Waals surface area contributed by atoms with Crippen molar-refractivity contribution in [2.75, 3.05) is 13.1 Å². The lowest BCUT2D eigenvalue weighted by Gasteiger charge is -2.37. The second kappa shape index (κ2) is 9.14. The fourth-order valence-electron chi connectivity index (χ4n) is 5.26. The molecule has 2 fully saturated rings. The number of benzene rings is 2. The van der Waals surface area contributed by atoms with Crippen LogP contribution in [0.4, 0.5) is 0 Å². The van der Waals surface area contributed by atoms with Crippen LogP contribution in [0.3, 0.4) is 0 Å². The fourth-order valence-corrected chi connectivity index (χ4v) is 5.91. The normalized spacial score (nSPS) is 21.8. The van der Waals surface area contributed by atoms with Crippen molar-refractivity contribution >= 4 is 17.2 Å². The second-order valence-corrected chi connectivity index (χ2v) is 10.0. The van der Waals surface area contributed by atoms with Crippen LogP contribution in [-0.2, 0) is 17.9 Å². The molecular formula is C26H29N3O2S. The highest BCUT2D eigenvalue weighted by atomic mass is 32.1. The molecule has 0 radical (unpaired) electrons. The van der Waals surface area contributed by atoms with E-state index in [1.165, 1.54) is 0 Å². The summed E-state index contributed by atoms with van der Waals surface area (Å²) < 4.78 is 0. The first-order chi connectivity index (χ1) is 15.6. The molecule has 166 valence electrons. The largest absolute Gasteiger partial charge is 0.386 e. The van der Waals surface area contributed by atoms with E-state index in [1.54, 1.807) is 11.3 Å². The predicted molar refractivity (Wildman–Crippen MR) is 126 cm³/mol. The zero-order chi connectivity index (χ0) is 22.0. The summed E-state index contributed by atoms with van der Waals surface area (Å²) in [6.45, 7) is 3.17. The Morgan fingerprint density at radius 2 is 1.72 bits per heavy atom. The first-order valence-electron chi connectivity index (χ1n) is 11.3. The van der Waals surface area contributed by atoms with Gasteiger partial charge >= 0.3 is 0 Å². The Labute approximate surface area is 193 Å². The molecule has 5 nitrogen and oxygen atoms in total. The molecule has 1 amide bonds. The van der Waals surface area contributed by atoms with Crippen molar-refractivity contribution < 1.29 is 9.90 Å². The molecule has 0 saturated carbocycles. The minimum Gasteiger partial charge on any atom is -0.386 e. The molecule has 0 unspecified atom stereocenters. The molecule has 1 N–H and O–H groups in total. The summed E-state index contributed by atoms with van der Waals surface area (Å²) in [4.78, 5) is 22.6. The number of carbonyl (C=O) groups excluding carboxylic acids is 1. The number of aromatic nitrogens is 1. The molecule has 32 heavy (non-hydrogen) atoms. The molecule has 5 rings (SSSR count). The molecule has 0 aliphatic carbocycles. The summed E-state index contributed by atoms with van der Waals surface area (Å²) in [5, 5.41) is 14.5. The molecule has 2 aliphatic heterocycles. The Morgan fingerprint density at radius 1 is 1.03 bits per heavy atom. The summed E-state index contributed by atoms with van der Waals surface area (Å²) in [6.07, 6.45) is 3.54. The number of hydrogen-bond donors (Lipinski definition) is 1. The van der Waals surface area contributed by atoms with Gasteiger partial charge in [-0.15, -0.1) is 11.3 Å². The van der Waals surface area contributed by atoms with Crippen LogP contribution in [0.2, 0.25) is 0 Å². The highest BCUT2D eigenvalue weighted by Gasteiger charge is 2.54. The van der Waals surface area contributed by atoms with Crippen LogP contribution in [0.25, 0.3) is 0 Å². The van der Waals surface area contributed by atoms with Crippen molar-refractivity contribution in [3.63, 3.8) is 0 Å². The number of aliphatic hydroxyl groups is 1. The van der Waals surface area contributed by atoms with E-state index in [-0.39, 0.29) is 17.4 Å². The number of aliphatic hydroxyl groups excluding tert-OH is 1. The van der Waals surface area contributed by atoms with Crippen LogP contribution in [0.1, 0.15) is 41.5 Å². The van der Waals surface area contributed by atoms with Crippen LogP contribution < -0.4 is 0 Å². The van der Waals surface area contributed by atoms with Crippen LogP contribution in [-0.4, -0.2) is 44.9 Å².